The molecule has 1 aliphatic carbocycles. The van der Waals surface area contributed by atoms with Crippen molar-refractivity contribution < 1.29 is 14.4 Å². The number of hydrogen-bond acceptors (Lipinski definition) is 4. The van der Waals surface area contributed by atoms with Crippen LogP contribution in [0.15, 0.2) is 24.5 Å². The van der Waals surface area contributed by atoms with Crippen molar-refractivity contribution in [1.82, 2.24) is 21.2 Å². The lowest BCUT2D eigenvalue weighted by Crippen LogP contribution is -2.42. The topological polar surface area (TPSA) is 100 Å². The van der Waals surface area contributed by atoms with Gasteiger partial charge >= 0.3 is 0 Å². The molecule has 1 heterocycles. The number of hydrazine groups is 1. The molecule has 1 fully saturated rings. The van der Waals surface area contributed by atoms with Crippen molar-refractivity contribution in [2.45, 2.75) is 96.4 Å². The summed E-state index contributed by atoms with van der Waals surface area (Å²) in [5.74, 6) is -0.837. The van der Waals surface area contributed by atoms with Crippen LogP contribution < -0.4 is 16.2 Å². The van der Waals surface area contributed by atoms with E-state index in [4.69, 9.17) is 0 Å². The van der Waals surface area contributed by atoms with E-state index in [2.05, 4.69) is 21.2 Å². The van der Waals surface area contributed by atoms with Crippen molar-refractivity contribution in [3.05, 3.63) is 30.1 Å². The average Bonchev–Trinajstić information content (AvgIpc) is 2.74. The first kappa shape index (κ1) is 24.8. The SMILES string of the molecule is CC(CC(=O)NNC(=O)c1cccnc1)CC(=O)NC1CCCCCCCCCCC1. The molecular formula is C24H38N4O3. The van der Waals surface area contributed by atoms with Crippen LogP contribution >= 0.6 is 0 Å². The standard InChI is InChI=1S/C24H38N4O3/c1-19(17-23(30)27-28-24(31)20-12-11-15-25-18-20)16-22(29)26-21-13-9-7-5-3-2-4-6-8-10-14-21/h11-12,15,18-19,21H,2-10,13-14,16-17H2,1H3,(H,26,29)(H,27,30)(H,28,31). The monoisotopic (exact) mass is 430 g/mol. The second-order valence-corrected chi connectivity index (χ2v) is 8.78. The molecule has 0 aromatic carbocycles. The van der Waals surface area contributed by atoms with Crippen LogP contribution in [0.2, 0.25) is 0 Å². The van der Waals surface area contributed by atoms with Crippen molar-refractivity contribution >= 4 is 17.7 Å². The molecule has 1 aromatic heterocycles. The Hall–Kier alpha value is -2.44. The Morgan fingerprint density at radius 3 is 2.06 bits per heavy atom. The maximum Gasteiger partial charge on any atom is 0.271 e. The van der Waals surface area contributed by atoms with Gasteiger partial charge in [0, 0.05) is 31.3 Å². The van der Waals surface area contributed by atoms with Gasteiger partial charge < -0.3 is 5.32 Å². The largest absolute Gasteiger partial charge is 0.353 e. The number of nitrogens with zero attached hydrogens (tertiary/aromatic N) is 1. The third-order valence-corrected chi connectivity index (χ3v) is 5.78. The fourth-order valence-electron chi connectivity index (χ4n) is 4.05. The Morgan fingerprint density at radius 1 is 0.903 bits per heavy atom. The van der Waals surface area contributed by atoms with Gasteiger partial charge in [-0.1, -0.05) is 64.7 Å². The van der Waals surface area contributed by atoms with Crippen LogP contribution in [0.1, 0.15) is 101 Å². The first-order chi connectivity index (χ1) is 15.0. The minimum atomic E-state index is -0.422. The van der Waals surface area contributed by atoms with Gasteiger partial charge in [-0.2, -0.15) is 0 Å². The molecule has 31 heavy (non-hydrogen) atoms. The summed E-state index contributed by atoms with van der Waals surface area (Å²) in [7, 11) is 0. The lowest BCUT2D eigenvalue weighted by molar-refractivity contribution is -0.124. The van der Waals surface area contributed by atoms with E-state index < -0.39 is 5.91 Å². The number of carbonyl (C=O) groups excluding carboxylic acids is 3. The Balaban J connectivity index is 1.68. The van der Waals surface area contributed by atoms with Crippen LogP contribution in [-0.4, -0.2) is 28.7 Å². The van der Waals surface area contributed by atoms with Crippen LogP contribution in [0.5, 0.6) is 0 Å². The molecule has 1 atom stereocenters. The molecule has 0 radical (unpaired) electrons. The van der Waals surface area contributed by atoms with Crippen molar-refractivity contribution in [1.29, 1.82) is 0 Å². The number of carbonyl (C=O) groups is 3. The van der Waals surface area contributed by atoms with Crippen molar-refractivity contribution in [3.8, 4) is 0 Å². The molecule has 1 aliphatic rings. The third-order valence-electron chi connectivity index (χ3n) is 5.78. The predicted molar refractivity (Wildman–Crippen MR) is 121 cm³/mol. The van der Waals surface area contributed by atoms with Gasteiger partial charge in [-0.15, -0.1) is 0 Å². The first-order valence-electron chi connectivity index (χ1n) is 11.8. The summed E-state index contributed by atoms with van der Waals surface area (Å²) in [6, 6.07) is 3.51. The van der Waals surface area contributed by atoms with Crippen molar-refractivity contribution in [3.63, 3.8) is 0 Å². The molecule has 1 saturated carbocycles. The quantitative estimate of drug-likeness (QED) is 0.593. The molecule has 3 amide bonds. The molecule has 2 rings (SSSR count). The summed E-state index contributed by atoms with van der Waals surface area (Å²) < 4.78 is 0. The molecule has 1 aromatic rings. The Bertz CT molecular complexity index is 669. The Morgan fingerprint density at radius 2 is 1.48 bits per heavy atom. The van der Waals surface area contributed by atoms with Gasteiger partial charge in [0.2, 0.25) is 11.8 Å². The van der Waals surface area contributed by atoms with E-state index in [0.717, 1.165) is 12.8 Å². The normalized spacial score (nSPS) is 17.5. The lowest BCUT2D eigenvalue weighted by atomic mass is 9.97. The number of hydrogen-bond donors (Lipinski definition) is 3. The van der Waals surface area contributed by atoms with Crippen LogP contribution in [-0.2, 0) is 9.59 Å². The molecule has 7 heteroatoms. The summed E-state index contributed by atoms with van der Waals surface area (Å²) in [6.45, 7) is 1.88. The zero-order valence-electron chi connectivity index (χ0n) is 18.8. The van der Waals surface area contributed by atoms with Crippen LogP contribution in [0.4, 0.5) is 0 Å². The minimum Gasteiger partial charge on any atom is -0.353 e. The zero-order valence-corrected chi connectivity index (χ0v) is 18.8. The predicted octanol–water partition coefficient (Wildman–Crippen LogP) is 4.05. The maximum atomic E-state index is 12.5. The fraction of sp³-hybridized carbons (Fsp3) is 0.667. The van der Waals surface area contributed by atoms with E-state index in [1.807, 2.05) is 6.92 Å². The molecule has 1 unspecified atom stereocenters. The maximum absolute atomic E-state index is 12.5. The number of pyridine rings is 1. The molecule has 0 aliphatic heterocycles. The molecule has 0 spiro atoms. The van der Waals surface area contributed by atoms with Crippen molar-refractivity contribution in [2.75, 3.05) is 0 Å². The Labute approximate surface area is 186 Å². The van der Waals surface area contributed by atoms with E-state index in [1.165, 1.54) is 64.0 Å². The fourth-order valence-corrected chi connectivity index (χ4v) is 4.05. The second kappa shape index (κ2) is 14.5. The van der Waals surface area contributed by atoms with Crippen LogP contribution in [0, 0.1) is 5.92 Å². The number of nitrogens with one attached hydrogen (secondary N) is 3. The highest BCUT2D eigenvalue weighted by molar-refractivity contribution is 5.95. The highest BCUT2D eigenvalue weighted by atomic mass is 16.2. The van der Waals surface area contributed by atoms with Gasteiger partial charge in [0.25, 0.3) is 5.91 Å². The van der Waals surface area contributed by atoms with E-state index in [9.17, 15) is 14.4 Å². The van der Waals surface area contributed by atoms with Gasteiger partial charge in [0.15, 0.2) is 0 Å². The average molecular weight is 431 g/mol. The summed E-state index contributed by atoms with van der Waals surface area (Å²) in [6.07, 6.45) is 17.0. The van der Waals surface area contributed by atoms with E-state index in [-0.39, 0.29) is 30.2 Å². The molecular weight excluding hydrogens is 392 g/mol. The van der Waals surface area contributed by atoms with Gasteiger partial charge in [0.05, 0.1) is 5.56 Å². The van der Waals surface area contributed by atoms with E-state index in [1.54, 1.807) is 18.3 Å². The highest BCUT2D eigenvalue weighted by Crippen LogP contribution is 2.17. The van der Waals surface area contributed by atoms with E-state index >= 15 is 0 Å². The molecule has 7 nitrogen and oxygen atoms in total. The van der Waals surface area contributed by atoms with Crippen molar-refractivity contribution in [2.24, 2.45) is 5.92 Å². The summed E-state index contributed by atoms with van der Waals surface area (Å²) >= 11 is 0. The lowest BCUT2D eigenvalue weighted by Gasteiger charge is -2.21. The first-order valence-corrected chi connectivity index (χ1v) is 11.8. The number of aromatic nitrogens is 1. The molecule has 3 N–H and O–H groups in total. The van der Waals surface area contributed by atoms with Crippen LogP contribution in [0.3, 0.4) is 0 Å². The van der Waals surface area contributed by atoms with Gasteiger partial charge in [-0.05, 0) is 30.9 Å². The van der Waals surface area contributed by atoms with Gasteiger partial charge in [0.1, 0.15) is 0 Å². The summed E-state index contributed by atoms with van der Waals surface area (Å²) in [4.78, 5) is 40.4. The molecule has 0 saturated heterocycles. The van der Waals surface area contributed by atoms with Crippen LogP contribution in [0.25, 0.3) is 0 Å². The zero-order chi connectivity index (χ0) is 22.3. The van der Waals surface area contributed by atoms with E-state index in [0.29, 0.717) is 12.0 Å². The smallest absolute Gasteiger partial charge is 0.271 e. The third kappa shape index (κ3) is 10.9. The van der Waals surface area contributed by atoms with Gasteiger partial charge in [-0.3, -0.25) is 30.2 Å². The number of amides is 3. The van der Waals surface area contributed by atoms with Gasteiger partial charge in [-0.25, -0.2) is 0 Å². The highest BCUT2D eigenvalue weighted by Gasteiger charge is 2.17. The summed E-state index contributed by atoms with van der Waals surface area (Å²) in [5.41, 5.74) is 5.15. The second-order valence-electron chi connectivity index (χ2n) is 8.78. The number of rotatable bonds is 6. The molecule has 172 valence electrons. The molecule has 0 bridgehead atoms. The Kier molecular flexibility index (Phi) is 11.6. The summed E-state index contributed by atoms with van der Waals surface area (Å²) in [5, 5.41) is 3.20. The minimum absolute atomic E-state index is 0.0109.